The second-order valence-corrected chi connectivity index (χ2v) is 3.02. The minimum atomic E-state index is 0.636. The highest BCUT2D eigenvalue weighted by atomic mass is 16.3. The first kappa shape index (κ1) is 8.99. The van der Waals surface area contributed by atoms with Crippen molar-refractivity contribution in [1.82, 2.24) is 5.43 Å². The van der Waals surface area contributed by atoms with Crippen LogP contribution in [0.1, 0.15) is 5.56 Å². The van der Waals surface area contributed by atoms with E-state index in [1.165, 1.54) is 0 Å². The van der Waals surface area contributed by atoms with Gasteiger partial charge in [-0.15, -0.1) is 0 Å². The number of hydrazine groups is 1. The molecule has 1 heterocycles. The number of nitrogens with two attached hydrogens (primary N) is 1. The van der Waals surface area contributed by atoms with Gasteiger partial charge in [0.25, 0.3) is 0 Å². The number of furan rings is 1. The summed E-state index contributed by atoms with van der Waals surface area (Å²) in [7, 11) is 0. The molecule has 3 heteroatoms. The zero-order valence-electron chi connectivity index (χ0n) is 7.73. The monoisotopic (exact) mass is 188 g/mol. The van der Waals surface area contributed by atoms with Gasteiger partial charge in [0, 0.05) is 12.1 Å². The molecule has 0 radical (unpaired) electrons. The third kappa shape index (κ3) is 1.69. The lowest BCUT2D eigenvalue weighted by molar-refractivity contribution is 0.581. The molecule has 2 aromatic rings. The molecule has 0 bridgehead atoms. The van der Waals surface area contributed by atoms with E-state index < -0.39 is 0 Å². The molecule has 14 heavy (non-hydrogen) atoms. The van der Waals surface area contributed by atoms with Crippen LogP contribution in [0.25, 0.3) is 11.3 Å². The summed E-state index contributed by atoms with van der Waals surface area (Å²) in [5.74, 6) is 6.17. The van der Waals surface area contributed by atoms with E-state index >= 15 is 0 Å². The normalized spacial score (nSPS) is 10.4. The molecule has 0 saturated heterocycles. The van der Waals surface area contributed by atoms with Gasteiger partial charge >= 0.3 is 0 Å². The molecule has 2 rings (SSSR count). The smallest absolute Gasteiger partial charge is 0.134 e. The largest absolute Gasteiger partial charge is 0.464 e. The number of benzene rings is 1. The quantitative estimate of drug-likeness (QED) is 0.571. The van der Waals surface area contributed by atoms with E-state index in [-0.39, 0.29) is 0 Å². The molecule has 0 spiro atoms. The molecule has 3 nitrogen and oxygen atoms in total. The van der Waals surface area contributed by atoms with Gasteiger partial charge in [0.2, 0.25) is 0 Å². The molecular weight excluding hydrogens is 176 g/mol. The Labute approximate surface area is 82.5 Å². The lowest BCUT2D eigenvalue weighted by Crippen LogP contribution is -2.21. The summed E-state index contributed by atoms with van der Waals surface area (Å²) in [6.07, 6.45) is 1.67. The molecule has 0 saturated carbocycles. The Morgan fingerprint density at radius 3 is 2.71 bits per heavy atom. The van der Waals surface area contributed by atoms with Crippen molar-refractivity contribution in [3.05, 3.63) is 48.2 Å². The molecule has 3 N–H and O–H groups in total. The number of hydrogen-bond acceptors (Lipinski definition) is 3. The molecule has 0 aliphatic heterocycles. The van der Waals surface area contributed by atoms with Gasteiger partial charge in [-0.1, -0.05) is 24.3 Å². The van der Waals surface area contributed by atoms with Crippen molar-refractivity contribution in [2.45, 2.75) is 6.54 Å². The van der Waals surface area contributed by atoms with Crippen LogP contribution < -0.4 is 11.3 Å². The van der Waals surface area contributed by atoms with E-state index in [0.29, 0.717) is 6.54 Å². The predicted octanol–water partition coefficient (Wildman–Crippen LogP) is 1.91. The molecule has 0 fully saturated rings. The first-order valence-electron chi connectivity index (χ1n) is 4.47. The summed E-state index contributed by atoms with van der Waals surface area (Å²) in [6, 6.07) is 11.8. The Hall–Kier alpha value is -1.58. The Bertz CT molecular complexity index is 395. The van der Waals surface area contributed by atoms with Crippen molar-refractivity contribution in [1.29, 1.82) is 0 Å². The second kappa shape index (κ2) is 4.09. The highest BCUT2D eigenvalue weighted by molar-refractivity contribution is 5.61. The Morgan fingerprint density at radius 1 is 1.14 bits per heavy atom. The SMILES string of the molecule is NNCc1ccccc1-c1ccco1. The molecule has 0 atom stereocenters. The van der Waals surface area contributed by atoms with Crippen LogP contribution in [-0.2, 0) is 6.54 Å². The van der Waals surface area contributed by atoms with Crippen LogP contribution in [-0.4, -0.2) is 0 Å². The topological polar surface area (TPSA) is 51.2 Å². The minimum absolute atomic E-state index is 0.636. The van der Waals surface area contributed by atoms with Crippen LogP contribution in [0.2, 0.25) is 0 Å². The van der Waals surface area contributed by atoms with Crippen LogP contribution in [0.4, 0.5) is 0 Å². The molecule has 1 aromatic heterocycles. The first-order valence-corrected chi connectivity index (χ1v) is 4.47. The van der Waals surface area contributed by atoms with E-state index in [0.717, 1.165) is 16.9 Å². The van der Waals surface area contributed by atoms with Crippen molar-refractivity contribution in [2.24, 2.45) is 5.84 Å². The molecular formula is C11H12N2O. The van der Waals surface area contributed by atoms with E-state index in [2.05, 4.69) is 5.43 Å². The Kier molecular flexibility index (Phi) is 2.62. The first-order chi connectivity index (χ1) is 6.92. The fourth-order valence-electron chi connectivity index (χ4n) is 1.46. The molecule has 72 valence electrons. The number of nitrogens with one attached hydrogen (secondary N) is 1. The summed E-state index contributed by atoms with van der Waals surface area (Å²) in [5.41, 5.74) is 4.85. The van der Waals surface area contributed by atoms with Crippen LogP contribution in [0.5, 0.6) is 0 Å². The van der Waals surface area contributed by atoms with Crippen molar-refractivity contribution < 1.29 is 4.42 Å². The summed E-state index contributed by atoms with van der Waals surface area (Å²) in [6.45, 7) is 0.636. The van der Waals surface area contributed by atoms with Gasteiger partial charge in [-0.05, 0) is 17.7 Å². The predicted molar refractivity (Wildman–Crippen MR) is 55.2 cm³/mol. The Morgan fingerprint density at radius 2 is 2.00 bits per heavy atom. The lowest BCUT2D eigenvalue weighted by Gasteiger charge is -2.05. The summed E-state index contributed by atoms with van der Waals surface area (Å²) < 4.78 is 5.34. The van der Waals surface area contributed by atoms with Crippen molar-refractivity contribution in [3.63, 3.8) is 0 Å². The summed E-state index contributed by atoms with van der Waals surface area (Å²) in [5, 5.41) is 0. The van der Waals surface area contributed by atoms with Gasteiger partial charge in [0.05, 0.1) is 6.26 Å². The standard InChI is InChI=1S/C11H12N2O/c12-13-8-9-4-1-2-5-10(9)11-6-3-7-14-11/h1-7,13H,8,12H2. The van der Waals surface area contributed by atoms with E-state index in [4.69, 9.17) is 10.3 Å². The average Bonchev–Trinajstić information content (AvgIpc) is 2.72. The zero-order chi connectivity index (χ0) is 9.80. The number of hydrogen-bond donors (Lipinski definition) is 2. The fraction of sp³-hybridized carbons (Fsp3) is 0.0909. The molecule has 1 aromatic carbocycles. The highest BCUT2D eigenvalue weighted by Crippen LogP contribution is 2.23. The maximum Gasteiger partial charge on any atom is 0.134 e. The van der Waals surface area contributed by atoms with E-state index in [1.54, 1.807) is 6.26 Å². The molecule has 0 aliphatic carbocycles. The van der Waals surface area contributed by atoms with Gasteiger partial charge < -0.3 is 4.42 Å². The van der Waals surface area contributed by atoms with Crippen LogP contribution in [0.3, 0.4) is 0 Å². The van der Waals surface area contributed by atoms with Crippen molar-refractivity contribution in [2.75, 3.05) is 0 Å². The van der Waals surface area contributed by atoms with Crippen LogP contribution in [0, 0.1) is 0 Å². The van der Waals surface area contributed by atoms with Crippen molar-refractivity contribution >= 4 is 0 Å². The van der Waals surface area contributed by atoms with Crippen molar-refractivity contribution in [3.8, 4) is 11.3 Å². The minimum Gasteiger partial charge on any atom is -0.464 e. The lowest BCUT2D eigenvalue weighted by atomic mass is 10.1. The molecule has 0 aliphatic rings. The zero-order valence-corrected chi connectivity index (χ0v) is 7.73. The molecule has 0 amide bonds. The molecule has 0 unspecified atom stereocenters. The second-order valence-electron chi connectivity index (χ2n) is 3.02. The summed E-state index contributed by atoms with van der Waals surface area (Å²) >= 11 is 0. The van der Waals surface area contributed by atoms with Gasteiger partial charge in [0.1, 0.15) is 5.76 Å². The summed E-state index contributed by atoms with van der Waals surface area (Å²) in [4.78, 5) is 0. The van der Waals surface area contributed by atoms with Gasteiger partial charge in [-0.25, -0.2) is 0 Å². The van der Waals surface area contributed by atoms with E-state index in [9.17, 15) is 0 Å². The third-order valence-corrected chi connectivity index (χ3v) is 2.10. The van der Waals surface area contributed by atoms with Gasteiger partial charge in [0.15, 0.2) is 0 Å². The van der Waals surface area contributed by atoms with Crippen LogP contribution in [0.15, 0.2) is 47.1 Å². The number of rotatable bonds is 3. The van der Waals surface area contributed by atoms with Crippen LogP contribution >= 0.6 is 0 Å². The van der Waals surface area contributed by atoms with Gasteiger partial charge in [-0.3, -0.25) is 11.3 Å². The van der Waals surface area contributed by atoms with E-state index in [1.807, 2.05) is 36.4 Å². The highest BCUT2D eigenvalue weighted by Gasteiger charge is 2.05. The Balaban J connectivity index is 2.42. The maximum atomic E-state index is 5.34. The van der Waals surface area contributed by atoms with Gasteiger partial charge in [-0.2, -0.15) is 0 Å². The maximum absolute atomic E-state index is 5.34. The fourth-order valence-corrected chi connectivity index (χ4v) is 1.46. The average molecular weight is 188 g/mol. The third-order valence-electron chi connectivity index (χ3n) is 2.10.